The van der Waals surface area contributed by atoms with Crippen LogP contribution in [-0.2, 0) is 0 Å². The largest absolute Gasteiger partial charge is 0.490 e. The third-order valence-corrected chi connectivity index (χ3v) is 4.29. The van der Waals surface area contributed by atoms with Crippen molar-refractivity contribution >= 4 is 5.91 Å². The van der Waals surface area contributed by atoms with Crippen LogP contribution in [0.15, 0.2) is 18.2 Å². The molecule has 0 spiro atoms. The molecule has 2 rings (SSSR count). The van der Waals surface area contributed by atoms with Crippen molar-refractivity contribution in [2.45, 2.75) is 64.5 Å². The average Bonchev–Trinajstić information content (AvgIpc) is 2.58. The number of hydrogen-bond acceptors (Lipinski definition) is 4. The first-order valence-electron chi connectivity index (χ1n) is 9.02. The number of aliphatic hydroxyl groups is 1. The zero-order chi connectivity index (χ0) is 17.4. The summed E-state index contributed by atoms with van der Waals surface area (Å²) in [5, 5.41) is 12.6. The van der Waals surface area contributed by atoms with Crippen molar-refractivity contribution in [2.75, 3.05) is 13.2 Å². The van der Waals surface area contributed by atoms with E-state index in [4.69, 9.17) is 9.47 Å². The summed E-state index contributed by atoms with van der Waals surface area (Å²) in [6.45, 7) is 5.20. The van der Waals surface area contributed by atoms with Gasteiger partial charge < -0.3 is 19.9 Å². The van der Waals surface area contributed by atoms with Gasteiger partial charge in [0.2, 0.25) is 0 Å². The van der Waals surface area contributed by atoms with Gasteiger partial charge in [-0.2, -0.15) is 0 Å². The van der Waals surface area contributed by atoms with Gasteiger partial charge in [0.15, 0.2) is 11.5 Å². The highest BCUT2D eigenvalue weighted by molar-refractivity contribution is 5.95. The molecule has 1 aromatic rings. The van der Waals surface area contributed by atoms with Crippen LogP contribution in [0.4, 0.5) is 0 Å². The summed E-state index contributed by atoms with van der Waals surface area (Å²) in [4.78, 5) is 12.5. The number of rotatable bonds is 8. The third kappa shape index (κ3) is 5.41. The molecule has 2 N–H and O–H groups in total. The Morgan fingerprint density at radius 1 is 1.17 bits per heavy atom. The Bertz CT molecular complexity index is 524. The van der Waals surface area contributed by atoms with Gasteiger partial charge in [-0.05, 0) is 57.2 Å². The summed E-state index contributed by atoms with van der Waals surface area (Å²) >= 11 is 0. The smallest absolute Gasteiger partial charge is 0.251 e. The van der Waals surface area contributed by atoms with Crippen LogP contribution in [0, 0.1) is 0 Å². The van der Waals surface area contributed by atoms with Crippen molar-refractivity contribution in [3.05, 3.63) is 23.8 Å². The van der Waals surface area contributed by atoms with E-state index >= 15 is 0 Å². The Balaban J connectivity index is 2.00. The molecule has 24 heavy (non-hydrogen) atoms. The van der Waals surface area contributed by atoms with Crippen LogP contribution in [0.5, 0.6) is 11.5 Å². The van der Waals surface area contributed by atoms with Crippen molar-refractivity contribution in [1.82, 2.24) is 5.32 Å². The second kappa shape index (κ2) is 9.52. The number of carbonyl (C=O) groups is 1. The Morgan fingerprint density at radius 2 is 1.92 bits per heavy atom. The third-order valence-electron chi connectivity index (χ3n) is 4.29. The second-order valence-corrected chi connectivity index (χ2v) is 6.28. The molecule has 134 valence electrons. The van der Waals surface area contributed by atoms with E-state index in [2.05, 4.69) is 12.2 Å². The molecule has 0 saturated heterocycles. The van der Waals surface area contributed by atoms with Crippen LogP contribution < -0.4 is 14.8 Å². The van der Waals surface area contributed by atoms with Crippen molar-refractivity contribution in [3.8, 4) is 11.5 Å². The lowest BCUT2D eigenvalue weighted by atomic mass is 9.93. The molecule has 0 unspecified atom stereocenters. The lowest BCUT2D eigenvalue weighted by molar-refractivity contribution is 0.0867. The standard InChI is InChI=1S/C19H29NO4/c1-3-5-12-24-17-11-6-14(13-18(17)23-4-2)19(22)20-15-7-9-16(21)10-8-15/h6,11,13,15-16,21H,3-5,7-10,12H2,1-2H3,(H,20,22). The number of hydrogen-bond donors (Lipinski definition) is 2. The second-order valence-electron chi connectivity index (χ2n) is 6.28. The highest BCUT2D eigenvalue weighted by Crippen LogP contribution is 2.29. The fourth-order valence-corrected chi connectivity index (χ4v) is 2.85. The minimum atomic E-state index is -0.220. The summed E-state index contributed by atoms with van der Waals surface area (Å²) in [5.74, 6) is 1.19. The number of aliphatic hydroxyl groups excluding tert-OH is 1. The van der Waals surface area contributed by atoms with Crippen LogP contribution in [-0.4, -0.2) is 36.4 Å². The quantitative estimate of drug-likeness (QED) is 0.715. The first-order chi connectivity index (χ1) is 11.6. The van der Waals surface area contributed by atoms with E-state index < -0.39 is 0 Å². The zero-order valence-corrected chi connectivity index (χ0v) is 14.7. The molecule has 0 atom stereocenters. The highest BCUT2D eigenvalue weighted by Gasteiger charge is 2.21. The number of carbonyl (C=O) groups excluding carboxylic acids is 1. The topological polar surface area (TPSA) is 67.8 Å². The molecule has 5 heteroatoms. The Kier molecular flexibility index (Phi) is 7.37. The average molecular weight is 335 g/mol. The summed E-state index contributed by atoms with van der Waals surface area (Å²) < 4.78 is 11.4. The molecular weight excluding hydrogens is 306 g/mol. The number of ether oxygens (including phenoxy) is 2. The van der Waals surface area contributed by atoms with Gasteiger partial charge in [0.1, 0.15) is 0 Å². The molecule has 0 aromatic heterocycles. The molecule has 0 bridgehead atoms. The monoisotopic (exact) mass is 335 g/mol. The molecule has 1 aliphatic carbocycles. The van der Waals surface area contributed by atoms with Crippen molar-refractivity contribution in [3.63, 3.8) is 0 Å². The number of nitrogens with one attached hydrogen (secondary N) is 1. The lowest BCUT2D eigenvalue weighted by Crippen LogP contribution is -2.38. The maximum absolute atomic E-state index is 12.5. The molecule has 0 radical (unpaired) electrons. The van der Waals surface area contributed by atoms with Crippen LogP contribution in [0.2, 0.25) is 0 Å². The molecular formula is C19H29NO4. The summed E-state index contributed by atoms with van der Waals surface area (Å²) in [6.07, 6.45) is 4.98. The molecule has 0 heterocycles. The van der Waals surface area contributed by atoms with E-state index in [9.17, 15) is 9.90 Å². The molecule has 1 saturated carbocycles. The van der Waals surface area contributed by atoms with Gasteiger partial charge in [0.25, 0.3) is 5.91 Å². The van der Waals surface area contributed by atoms with E-state index in [1.54, 1.807) is 18.2 Å². The zero-order valence-electron chi connectivity index (χ0n) is 14.7. The Labute approximate surface area is 144 Å². The van der Waals surface area contributed by atoms with Crippen molar-refractivity contribution in [2.24, 2.45) is 0 Å². The van der Waals surface area contributed by atoms with Gasteiger partial charge in [-0.25, -0.2) is 0 Å². The van der Waals surface area contributed by atoms with E-state index in [-0.39, 0.29) is 18.1 Å². The normalized spacial score (nSPS) is 20.5. The maximum Gasteiger partial charge on any atom is 0.251 e. The fourth-order valence-electron chi connectivity index (χ4n) is 2.85. The van der Waals surface area contributed by atoms with Crippen molar-refractivity contribution in [1.29, 1.82) is 0 Å². The summed E-state index contributed by atoms with van der Waals surface area (Å²) in [7, 11) is 0. The molecule has 1 fully saturated rings. The molecule has 5 nitrogen and oxygen atoms in total. The SMILES string of the molecule is CCCCOc1ccc(C(=O)NC2CCC(O)CC2)cc1OCC. The van der Waals surface area contributed by atoms with E-state index in [0.29, 0.717) is 30.3 Å². The lowest BCUT2D eigenvalue weighted by Gasteiger charge is -2.26. The molecule has 1 amide bonds. The summed E-state index contributed by atoms with van der Waals surface area (Å²) in [6, 6.07) is 5.46. The minimum Gasteiger partial charge on any atom is -0.490 e. The number of amides is 1. The van der Waals surface area contributed by atoms with Gasteiger partial charge in [-0.1, -0.05) is 13.3 Å². The number of benzene rings is 1. The van der Waals surface area contributed by atoms with Gasteiger partial charge >= 0.3 is 0 Å². The van der Waals surface area contributed by atoms with Crippen LogP contribution in [0.3, 0.4) is 0 Å². The fraction of sp³-hybridized carbons (Fsp3) is 0.632. The van der Waals surface area contributed by atoms with E-state index in [1.807, 2.05) is 6.92 Å². The molecule has 0 aliphatic heterocycles. The first kappa shape index (κ1) is 18.6. The van der Waals surface area contributed by atoms with E-state index in [1.165, 1.54) is 0 Å². The van der Waals surface area contributed by atoms with Gasteiger partial charge in [-0.15, -0.1) is 0 Å². The summed E-state index contributed by atoms with van der Waals surface area (Å²) in [5.41, 5.74) is 0.576. The predicted octanol–water partition coefficient (Wildman–Crippen LogP) is 3.30. The minimum absolute atomic E-state index is 0.0996. The Morgan fingerprint density at radius 3 is 2.58 bits per heavy atom. The maximum atomic E-state index is 12.5. The van der Waals surface area contributed by atoms with Crippen LogP contribution in [0.1, 0.15) is 62.7 Å². The van der Waals surface area contributed by atoms with Crippen LogP contribution in [0.25, 0.3) is 0 Å². The molecule has 1 aliphatic rings. The van der Waals surface area contributed by atoms with Gasteiger partial charge in [-0.3, -0.25) is 4.79 Å². The molecule has 1 aromatic carbocycles. The van der Waals surface area contributed by atoms with Gasteiger partial charge in [0.05, 0.1) is 19.3 Å². The first-order valence-corrected chi connectivity index (χ1v) is 9.02. The highest BCUT2D eigenvalue weighted by atomic mass is 16.5. The van der Waals surface area contributed by atoms with Crippen LogP contribution >= 0.6 is 0 Å². The van der Waals surface area contributed by atoms with Gasteiger partial charge in [0, 0.05) is 11.6 Å². The van der Waals surface area contributed by atoms with Crippen molar-refractivity contribution < 1.29 is 19.4 Å². The predicted molar refractivity (Wildman–Crippen MR) is 93.7 cm³/mol. The van der Waals surface area contributed by atoms with E-state index in [0.717, 1.165) is 38.5 Å². The number of unbranched alkanes of at least 4 members (excludes halogenated alkanes) is 1. The Hall–Kier alpha value is -1.75.